The maximum atomic E-state index is 12.0. The van der Waals surface area contributed by atoms with Gasteiger partial charge in [0.25, 0.3) is 5.69 Å². The second kappa shape index (κ2) is 8.09. The van der Waals surface area contributed by atoms with Crippen molar-refractivity contribution in [2.75, 3.05) is 0 Å². The second-order valence-corrected chi connectivity index (χ2v) is 6.95. The Morgan fingerprint density at radius 1 is 1.24 bits per heavy atom. The van der Waals surface area contributed by atoms with Crippen molar-refractivity contribution in [2.45, 2.75) is 51.3 Å². The molecule has 0 aliphatic carbocycles. The van der Waals surface area contributed by atoms with Gasteiger partial charge in [0.05, 0.1) is 10.7 Å². The van der Waals surface area contributed by atoms with Gasteiger partial charge in [0, 0.05) is 18.2 Å². The predicted molar refractivity (Wildman–Crippen MR) is 82.5 cm³/mol. The van der Waals surface area contributed by atoms with E-state index in [-0.39, 0.29) is 17.5 Å². The summed E-state index contributed by atoms with van der Waals surface area (Å²) in [5, 5.41) is 10.5. The summed E-state index contributed by atoms with van der Waals surface area (Å²) in [6, 6.07) is 5.48. The monoisotopic (exact) mass is 314 g/mol. The van der Waals surface area contributed by atoms with Gasteiger partial charge < -0.3 is 0 Å². The Hall–Kier alpha value is -1.47. The maximum Gasteiger partial charge on any atom is 0.269 e. The molecule has 0 aliphatic heterocycles. The summed E-state index contributed by atoms with van der Waals surface area (Å²) in [5.41, 5.74) is 0.492. The Bertz CT molecular complexity index is 555. The van der Waals surface area contributed by atoms with Crippen LogP contribution in [-0.4, -0.2) is 19.4 Å². The molecule has 6 nitrogen and oxygen atoms in total. The summed E-state index contributed by atoms with van der Waals surface area (Å²) in [4.78, 5) is 10.0. The van der Waals surface area contributed by atoms with Crippen molar-refractivity contribution in [2.24, 2.45) is 0 Å². The van der Waals surface area contributed by atoms with Crippen molar-refractivity contribution < 1.29 is 13.3 Å². The molecule has 7 heteroatoms. The fraction of sp³-hybridized carbons (Fsp3) is 0.571. The zero-order valence-electron chi connectivity index (χ0n) is 12.4. The Labute approximate surface area is 125 Å². The largest absolute Gasteiger partial charge is 0.269 e. The van der Waals surface area contributed by atoms with Crippen molar-refractivity contribution in [1.82, 2.24) is 4.72 Å². The zero-order chi connectivity index (χ0) is 15.9. The summed E-state index contributed by atoms with van der Waals surface area (Å²) in [7, 11) is -3.42. The number of nitro groups is 1. The lowest BCUT2D eigenvalue weighted by Crippen LogP contribution is -2.33. The molecule has 1 N–H and O–H groups in total. The van der Waals surface area contributed by atoms with E-state index in [0.717, 1.165) is 25.7 Å². The first-order chi connectivity index (χ1) is 9.84. The van der Waals surface area contributed by atoms with E-state index >= 15 is 0 Å². The number of sulfonamides is 1. The van der Waals surface area contributed by atoms with Gasteiger partial charge in [-0.3, -0.25) is 10.1 Å². The molecule has 118 valence electrons. The first kappa shape index (κ1) is 17.6. The summed E-state index contributed by atoms with van der Waals surface area (Å²) >= 11 is 0. The van der Waals surface area contributed by atoms with E-state index in [9.17, 15) is 18.5 Å². The molecule has 1 rings (SSSR count). The van der Waals surface area contributed by atoms with Gasteiger partial charge in [-0.15, -0.1) is 0 Å². The van der Waals surface area contributed by atoms with Crippen LogP contribution in [0.4, 0.5) is 5.69 Å². The van der Waals surface area contributed by atoms with Crippen molar-refractivity contribution in [3.05, 3.63) is 39.9 Å². The molecule has 1 aromatic rings. The number of nitrogens with zero attached hydrogens (tertiary/aromatic N) is 1. The molecule has 0 bridgehead atoms. The van der Waals surface area contributed by atoms with Crippen molar-refractivity contribution in [1.29, 1.82) is 0 Å². The van der Waals surface area contributed by atoms with E-state index in [4.69, 9.17) is 0 Å². The highest BCUT2D eigenvalue weighted by molar-refractivity contribution is 7.88. The molecule has 0 amide bonds. The lowest BCUT2D eigenvalue weighted by atomic mass is 10.1. The quantitative estimate of drug-likeness (QED) is 0.431. The molecule has 0 saturated carbocycles. The van der Waals surface area contributed by atoms with Crippen LogP contribution in [0.2, 0.25) is 0 Å². The molecule has 1 aromatic carbocycles. The van der Waals surface area contributed by atoms with Crippen LogP contribution < -0.4 is 4.72 Å². The number of hydrogen-bond donors (Lipinski definition) is 1. The number of benzene rings is 1. The number of unbranched alkanes of at least 4 members (excludes halogenated alkanes) is 2. The average molecular weight is 314 g/mol. The lowest BCUT2D eigenvalue weighted by Gasteiger charge is -2.14. The third kappa shape index (κ3) is 6.68. The minimum Gasteiger partial charge on any atom is -0.258 e. The molecule has 0 aliphatic rings. The minimum absolute atomic E-state index is 0.0444. The SMILES string of the molecule is CCCCCC(C)NS(=O)(=O)Cc1ccc([N+](=O)[O-])cc1. The molecular formula is C14H22N2O4S. The van der Waals surface area contributed by atoms with Gasteiger partial charge >= 0.3 is 0 Å². The van der Waals surface area contributed by atoms with Gasteiger partial charge in [-0.1, -0.05) is 38.3 Å². The molecule has 0 heterocycles. The molecule has 0 spiro atoms. The van der Waals surface area contributed by atoms with E-state index < -0.39 is 14.9 Å². The first-order valence-electron chi connectivity index (χ1n) is 7.07. The lowest BCUT2D eigenvalue weighted by molar-refractivity contribution is -0.384. The summed E-state index contributed by atoms with van der Waals surface area (Å²) < 4.78 is 26.7. The van der Waals surface area contributed by atoms with Crippen molar-refractivity contribution in [3.8, 4) is 0 Å². The smallest absolute Gasteiger partial charge is 0.258 e. The Balaban J connectivity index is 2.57. The van der Waals surface area contributed by atoms with E-state index in [1.807, 2.05) is 6.92 Å². The van der Waals surface area contributed by atoms with Crippen LogP contribution in [0.1, 0.15) is 45.1 Å². The van der Waals surface area contributed by atoms with Crippen LogP contribution >= 0.6 is 0 Å². The van der Waals surface area contributed by atoms with Crippen LogP contribution in [0.25, 0.3) is 0 Å². The third-order valence-electron chi connectivity index (χ3n) is 3.13. The van der Waals surface area contributed by atoms with Crippen molar-refractivity contribution >= 4 is 15.7 Å². The standard InChI is InChI=1S/C14H22N2O4S/c1-3-4-5-6-12(2)15-21(19,20)11-13-7-9-14(10-8-13)16(17)18/h7-10,12,15H,3-6,11H2,1-2H3. The Kier molecular flexibility index (Phi) is 6.77. The summed E-state index contributed by atoms with van der Waals surface area (Å²) in [5.74, 6) is -0.164. The number of non-ortho nitro benzene ring substituents is 1. The van der Waals surface area contributed by atoms with E-state index in [2.05, 4.69) is 11.6 Å². The Morgan fingerprint density at radius 3 is 2.38 bits per heavy atom. The van der Waals surface area contributed by atoms with Gasteiger partial charge in [0.1, 0.15) is 0 Å². The van der Waals surface area contributed by atoms with Gasteiger partial charge in [-0.25, -0.2) is 13.1 Å². The van der Waals surface area contributed by atoms with Crippen LogP contribution in [0, 0.1) is 10.1 Å². The average Bonchev–Trinajstić information content (AvgIpc) is 2.38. The molecule has 0 radical (unpaired) electrons. The zero-order valence-corrected chi connectivity index (χ0v) is 13.2. The summed E-state index contributed by atoms with van der Waals surface area (Å²) in [6.07, 6.45) is 4.00. The molecular weight excluding hydrogens is 292 g/mol. The highest BCUT2D eigenvalue weighted by Gasteiger charge is 2.15. The number of hydrogen-bond acceptors (Lipinski definition) is 4. The van der Waals surface area contributed by atoms with Crippen LogP contribution in [0.5, 0.6) is 0 Å². The molecule has 1 unspecified atom stereocenters. The highest BCUT2D eigenvalue weighted by Crippen LogP contribution is 2.14. The fourth-order valence-electron chi connectivity index (χ4n) is 2.04. The topological polar surface area (TPSA) is 89.3 Å². The van der Waals surface area contributed by atoms with Gasteiger partial charge in [-0.2, -0.15) is 0 Å². The summed E-state index contributed by atoms with van der Waals surface area (Å²) in [6.45, 7) is 3.95. The van der Waals surface area contributed by atoms with Crippen LogP contribution in [0.15, 0.2) is 24.3 Å². The minimum atomic E-state index is -3.42. The molecule has 0 saturated heterocycles. The van der Waals surface area contributed by atoms with Gasteiger partial charge in [-0.05, 0) is 18.9 Å². The van der Waals surface area contributed by atoms with Crippen LogP contribution in [-0.2, 0) is 15.8 Å². The maximum absolute atomic E-state index is 12.0. The first-order valence-corrected chi connectivity index (χ1v) is 8.72. The van der Waals surface area contributed by atoms with E-state index in [1.54, 1.807) is 0 Å². The van der Waals surface area contributed by atoms with Gasteiger partial charge in [0.15, 0.2) is 0 Å². The number of rotatable bonds is 9. The molecule has 21 heavy (non-hydrogen) atoms. The van der Waals surface area contributed by atoms with Crippen LogP contribution in [0.3, 0.4) is 0 Å². The normalized spacial score (nSPS) is 13.0. The fourth-order valence-corrected chi connectivity index (χ4v) is 3.49. The number of nitro benzene ring substituents is 1. The molecule has 0 aromatic heterocycles. The van der Waals surface area contributed by atoms with Gasteiger partial charge in [0.2, 0.25) is 10.0 Å². The highest BCUT2D eigenvalue weighted by atomic mass is 32.2. The predicted octanol–water partition coefficient (Wildman–Crippen LogP) is 2.98. The second-order valence-electron chi connectivity index (χ2n) is 5.20. The Morgan fingerprint density at radius 2 is 1.86 bits per heavy atom. The third-order valence-corrected chi connectivity index (χ3v) is 4.60. The van der Waals surface area contributed by atoms with Crippen molar-refractivity contribution in [3.63, 3.8) is 0 Å². The van der Waals surface area contributed by atoms with E-state index in [1.165, 1.54) is 24.3 Å². The molecule has 1 atom stereocenters. The van der Waals surface area contributed by atoms with E-state index in [0.29, 0.717) is 5.56 Å². The molecule has 0 fully saturated rings. The number of nitrogens with one attached hydrogen (secondary N) is 1.